The molecular formula is C18H19N3O2S2. The van der Waals surface area contributed by atoms with E-state index in [0.29, 0.717) is 11.7 Å². The number of hydrogen-bond acceptors (Lipinski definition) is 5. The van der Waals surface area contributed by atoms with Crippen LogP contribution in [0, 0.1) is 6.92 Å². The van der Waals surface area contributed by atoms with Crippen LogP contribution in [0.4, 0.5) is 5.69 Å². The van der Waals surface area contributed by atoms with E-state index >= 15 is 0 Å². The lowest BCUT2D eigenvalue weighted by Gasteiger charge is -2.18. The Morgan fingerprint density at radius 2 is 2.12 bits per heavy atom. The number of carbonyl (C=O) groups is 2. The van der Waals surface area contributed by atoms with Crippen molar-refractivity contribution in [1.29, 1.82) is 0 Å². The molecule has 0 aliphatic carbocycles. The summed E-state index contributed by atoms with van der Waals surface area (Å²) in [6, 6.07) is 11.8. The molecule has 7 heteroatoms. The Morgan fingerprint density at radius 3 is 2.84 bits per heavy atom. The fourth-order valence-corrected chi connectivity index (χ4v) is 3.97. The predicted molar refractivity (Wildman–Crippen MR) is 104 cm³/mol. The van der Waals surface area contributed by atoms with E-state index in [4.69, 9.17) is 0 Å². The number of benzene rings is 1. The molecule has 130 valence electrons. The van der Waals surface area contributed by atoms with Crippen molar-refractivity contribution in [3.8, 4) is 0 Å². The molecule has 1 aliphatic heterocycles. The molecule has 0 atom stereocenters. The van der Waals surface area contributed by atoms with E-state index in [-0.39, 0.29) is 24.1 Å². The van der Waals surface area contributed by atoms with Crippen molar-refractivity contribution in [2.75, 3.05) is 23.7 Å². The summed E-state index contributed by atoms with van der Waals surface area (Å²) in [6.07, 6.45) is 0.836. The Labute approximate surface area is 155 Å². The minimum atomic E-state index is -0.0653. The summed E-state index contributed by atoms with van der Waals surface area (Å²) in [5.41, 5.74) is 1.92. The van der Waals surface area contributed by atoms with E-state index < -0.39 is 0 Å². The van der Waals surface area contributed by atoms with Gasteiger partial charge in [-0.05, 0) is 36.9 Å². The fraction of sp³-hybridized carbons (Fsp3) is 0.278. The number of nitrogens with one attached hydrogen (secondary N) is 1. The number of aryl methyl sites for hydroxylation is 1. The Balaban J connectivity index is 1.50. The monoisotopic (exact) mass is 373 g/mol. The third-order valence-corrected chi connectivity index (χ3v) is 5.60. The maximum absolute atomic E-state index is 12.1. The Bertz CT molecular complexity index is 770. The first-order chi connectivity index (χ1) is 12.1. The van der Waals surface area contributed by atoms with E-state index in [1.807, 2.05) is 42.6 Å². The van der Waals surface area contributed by atoms with Gasteiger partial charge in [-0.1, -0.05) is 35.5 Å². The lowest BCUT2D eigenvalue weighted by molar-refractivity contribution is -0.118. The van der Waals surface area contributed by atoms with Crippen LogP contribution in [0.2, 0.25) is 0 Å². The number of carbonyl (C=O) groups excluding carboxylic acids is 2. The lowest BCUT2D eigenvalue weighted by Crippen LogP contribution is -2.33. The molecule has 0 bridgehead atoms. The van der Waals surface area contributed by atoms with Crippen molar-refractivity contribution in [3.05, 3.63) is 52.2 Å². The standard InChI is InChI=1S/C18H19N3O2S2/c1-13-4-6-14(7-5-13)21-17(23)11-20-18(21)25-12-16(22)19-9-8-15-3-2-10-24-15/h2-7,10H,8-9,11-12H2,1H3,(H,19,22). The number of amidine groups is 1. The van der Waals surface area contributed by atoms with E-state index in [0.717, 1.165) is 17.7 Å². The predicted octanol–water partition coefficient (Wildman–Crippen LogP) is 2.85. The number of aliphatic imine (C=N–C) groups is 1. The van der Waals surface area contributed by atoms with Gasteiger partial charge in [-0.2, -0.15) is 0 Å². The fourth-order valence-electron chi connectivity index (χ4n) is 2.40. The van der Waals surface area contributed by atoms with Crippen molar-refractivity contribution in [3.63, 3.8) is 0 Å². The van der Waals surface area contributed by atoms with Crippen LogP contribution in [-0.4, -0.2) is 35.8 Å². The van der Waals surface area contributed by atoms with E-state index in [1.54, 1.807) is 16.2 Å². The molecule has 0 unspecified atom stereocenters. The normalized spacial score (nSPS) is 13.9. The minimum absolute atomic E-state index is 0.0486. The van der Waals surface area contributed by atoms with Crippen molar-refractivity contribution >= 4 is 45.8 Å². The number of thiophene rings is 1. The first-order valence-corrected chi connectivity index (χ1v) is 9.86. The van der Waals surface area contributed by atoms with Crippen LogP contribution in [0.25, 0.3) is 0 Å². The van der Waals surface area contributed by atoms with Crippen LogP contribution in [0.3, 0.4) is 0 Å². The quantitative estimate of drug-likeness (QED) is 0.847. The number of nitrogens with zero attached hydrogens (tertiary/aromatic N) is 2. The van der Waals surface area contributed by atoms with Gasteiger partial charge in [0.15, 0.2) is 5.17 Å². The molecular weight excluding hydrogens is 354 g/mol. The summed E-state index contributed by atoms with van der Waals surface area (Å²) < 4.78 is 0. The van der Waals surface area contributed by atoms with Crippen LogP contribution < -0.4 is 10.2 Å². The van der Waals surface area contributed by atoms with Gasteiger partial charge in [-0.15, -0.1) is 11.3 Å². The smallest absolute Gasteiger partial charge is 0.254 e. The molecule has 0 spiro atoms. The topological polar surface area (TPSA) is 61.8 Å². The number of amides is 2. The third kappa shape index (κ3) is 4.70. The highest BCUT2D eigenvalue weighted by atomic mass is 32.2. The van der Waals surface area contributed by atoms with Gasteiger partial charge in [-0.3, -0.25) is 19.5 Å². The second-order valence-corrected chi connectivity index (χ2v) is 7.61. The summed E-state index contributed by atoms with van der Waals surface area (Å²) in [5.74, 6) is 0.135. The SMILES string of the molecule is Cc1ccc(N2C(=O)CN=C2SCC(=O)NCCc2cccs2)cc1. The van der Waals surface area contributed by atoms with Crippen LogP contribution in [0.5, 0.6) is 0 Å². The number of hydrogen-bond donors (Lipinski definition) is 1. The first-order valence-electron chi connectivity index (χ1n) is 7.99. The van der Waals surface area contributed by atoms with Gasteiger partial charge in [-0.25, -0.2) is 0 Å². The summed E-state index contributed by atoms with van der Waals surface area (Å²) in [4.78, 5) is 31.2. The van der Waals surface area contributed by atoms with Gasteiger partial charge in [0, 0.05) is 11.4 Å². The molecule has 3 rings (SSSR count). The highest BCUT2D eigenvalue weighted by Gasteiger charge is 2.27. The Kier molecular flexibility index (Phi) is 5.88. The van der Waals surface area contributed by atoms with E-state index in [9.17, 15) is 9.59 Å². The molecule has 0 saturated heterocycles. The average Bonchev–Trinajstić information content (AvgIpc) is 3.24. The van der Waals surface area contributed by atoms with Crippen molar-refractivity contribution in [1.82, 2.24) is 5.32 Å². The number of anilines is 1. The summed E-state index contributed by atoms with van der Waals surface area (Å²) in [5, 5.41) is 5.52. The van der Waals surface area contributed by atoms with Crippen LogP contribution >= 0.6 is 23.1 Å². The molecule has 25 heavy (non-hydrogen) atoms. The second-order valence-electron chi connectivity index (χ2n) is 5.63. The molecule has 1 aliphatic rings. The average molecular weight is 374 g/mol. The van der Waals surface area contributed by atoms with Crippen LogP contribution in [0.1, 0.15) is 10.4 Å². The maximum atomic E-state index is 12.1. The summed E-state index contributed by atoms with van der Waals surface area (Å²) in [6.45, 7) is 2.75. The molecule has 0 radical (unpaired) electrons. The lowest BCUT2D eigenvalue weighted by atomic mass is 10.2. The van der Waals surface area contributed by atoms with Crippen LogP contribution in [0.15, 0.2) is 46.8 Å². The maximum Gasteiger partial charge on any atom is 0.254 e. The Hall–Kier alpha value is -2.12. The Morgan fingerprint density at radius 1 is 1.32 bits per heavy atom. The largest absolute Gasteiger partial charge is 0.355 e. The molecule has 5 nitrogen and oxygen atoms in total. The van der Waals surface area contributed by atoms with E-state index in [2.05, 4.69) is 16.4 Å². The molecule has 0 fully saturated rings. The molecule has 1 N–H and O–H groups in total. The zero-order valence-corrected chi connectivity index (χ0v) is 15.5. The number of thioether (sulfide) groups is 1. The van der Waals surface area contributed by atoms with Gasteiger partial charge >= 0.3 is 0 Å². The zero-order valence-electron chi connectivity index (χ0n) is 13.9. The molecule has 1 aromatic heterocycles. The van der Waals surface area contributed by atoms with Gasteiger partial charge in [0.2, 0.25) is 5.91 Å². The third-order valence-electron chi connectivity index (χ3n) is 3.69. The zero-order chi connectivity index (χ0) is 17.6. The van der Waals surface area contributed by atoms with Gasteiger partial charge in [0.25, 0.3) is 5.91 Å². The van der Waals surface area contributed by atoms with Crippen molar-refractivity contribution in [2.24, 2.45) is 4.99 Å². The van der Waals surface area contributed by atoms with E-state index in [1.165, 1.54) is 16.6 Å². The minimum Gasteiger partial charge on any atom is -0.355 e. The second kappa shape index (κ2) is 8.31. The summed E-state index contributed by atoms with van der Waals surface area (Å²) >= 11 is 2.98. The number of rotatable bonds is 6. The molecule has 0 saturated carbocycles. The van der Waals surface area contributed by atoms with Crippen molar-refractivity contribution < 1.29 is 9.59 Å². The van der Waals surface area contributed by atoms with Crippen molar-refractivity contribution in [2.45, 2.75) is 13.3 Å². The molecule has 2 heterocycles. The summed E-state index contributed by atoms with van der Waals surface area (Å²) in [7, 11) is 0. The van der Waals surface area contributed by atoms with Crippen LogP contribution in [-0.2, 0) is 16.0 Å². The highest BCUT2D eigenvalue weighted by molar-refractivity contribution is 8.14. The van der Waals surface area contributed by atoms with Gasteiger partial charge in [0.05, 0.1) is 11.4 Å². The molecule has 2 aromatic rings. The van der Waals surface area contributed by atoms with Gasteiger partial charge in [0.1, 0.15) is 6.54 Å². The molecule has 1 aromatic carbocycles. The molecule has 2 amide bonds. The first kappa shape index (κ1) is 17.7. The van der Waals surface area contributed by atoms with Gasteiger partial charge < -0.3 is 5.32 Å². The highest BCUT2D eigenvalue weighted by Crippen LogP contribution is 2.24.